The first-order chi connectivity index (χ1) is 8.91. The fraction of sp³-hybridized carbons (Fsp3) is 0.857. The number of likely N-dealkylation sites (tertiary alicyclic amines) is 1. The van der Waals surface area contributed by atoms with E-state index in [-0.39, 0.29) is 18.6 Å². The fourth-order valence-corrected chi connectivity index (χ4v) is 3.40. The molecule has 5 nitrogen and oxygen atoms in total. The van der Waals surface area contributed by atoms with Crippen LogP contribution in [-0.2, 0) is 9.59 Å². The van der Waals surface area contributed by atoms with Gasteiger partial charge in [0.1, 0.15) is 0 Å². The lowest BCUT2D eigenvalue weighted by Gasteiger charge is -2.29. The highest BCUT2D eigenvalue weighted by molar-refractivity contribution is 5.91. The van der Waals surface area contributed by atoms with Gasteiger partial charge >= 0.3 is 5.97 Å². The summed E-state index contributed by atoms with van der Waals surface area (Å²) in [5.74, 6) is -1.99. The van der Waals surface area contributed by atoms with Crippen LogP contribution in [0.3, 0.4) is 0 Å². The van der Waals surface area contributed by atoms with Crippen LogP contribution in [0.25, 0.3) is 0 Å². The Balaban J connectivity index is 2.12. The van der Waals surface area contributed by atoms with Crippen molar-refractivity contribution in [2.24, 2.45) is 17.3 Å². The lowest BCUT2D eigenvalue weighted by Crippen LogP contribution is -2.43. The Bertz CT molecular complexity index is 380. The van der Waals surface area contributed by atoms with Crippen LogP contribution in [-0.4, -0.2) is 46.2 Å². The maximum Gasteiger partial charge on any atom is 0.307 e. The van der Waals surface area contributed by atoms with E-state index in [0.717, 1.165) is 25.7 Å². The van der Waals surface area contributed by atoms with E-state index in [9.17, 15) is 14.7 Å². The molecule has 2 aliphatic rings. The molecule has 0 radical (unpaired) electrons. The maximum atomic E-state index is 12.6. The number of aliphatic carboxylic acids is 1. The van der Waals surface area contributed by atoms with Crippen molar-refractivity contribution in [3.8, 4) is 0 Å². The molecule has 0 bridgehead atoms. The Morgan fingerprint density at radius 2 is 1.89 bits per heavy atom. The van der Waals surface area contributed by atoms with Gasteiger partial charge in [-0.25, -0.2) is 0 Å². The first-order valence-corrected chi connectivity index (χ1v) is 7.05. The SMILES string of the molecule is CC1(C)[C@H](C(=O)O)[C@@H]1C(=O)N1CCCCCC1CO. The van der Waals surface area contributed by atoms with Gasteiger partial charge in [-0.15, -0.1) is 0 Å². The van der Waals surface area contributed by atoms with Gasteiger partial charge in [-0.3, -0.25) is 9.59 Å². The molecule has 108 valence electrons. The summed E-state index contributed by atoms with van der Waals surface area (Å²) in [4.78, 5) is 25.5. The van der Waals surface area contributed by atoms with Crippen LogP contribution < -0.4 is 0 Å². The normalized spacial score (nSPS) is 33.6. The zero-order valence-corrected chi connectivity index (χ0v) is 11.6. The number of hydrogen-bond acceptors (Lipinski definition) is 3. The molecule has 0 aromatic rings. The highest BCUT2D eigenvalue weighted by atomic mass is 16.4. The molecule has 2 N–H and O–H groups in total. The Hall–Kier alpha value is -1.10. The fourth-order valence-electron chi connectivity index (χ4n) is 3.40. The first-order valence-electron chi connectivity index (χ1n) is 7.05. The second kappa shape index (κ2) is 5.12. The summed E-state index contributed by atoms with van der Waals surface area (Å²) in [5, 5.41) is 18.6. The smallest absolute Gasteiger partial charge is 0.307 e. The molecule has 1 unspecified atom stereocenters. The van der Waals surface area contributed by atoms with Gasteiger partial charge < -0.3 is 15.1 Å². The zero-order valence-electron chi connectivity index (χ0n) is 11.6. The molecule has 0 spiro atoms. The molecule has 1 amide bonds. The number of aliphatic hydroxyl groups excluding tert-OH is 1. The summed E-state index contributed by atoms with van der Waals surface area (Å²) in [7, 11) is 0. The Morgan fingerprint density at radius 1 is 1.21 bits per heavy atom. The van der Waals surface area contributed by atoms with E-state index in [1.807, 2.05) is 13.8 Å². The van der Waals surface area contributed by atoms with E-state index in [1.54, 1.807) is 4.90 Å². The van der Waals surface area contributed by atoms with Gasteiger partial charge in [0.05, 0.1) is 24.5 Å². The number of rotatable bonds is 3. The minimum atomic E-state index is -0.890. The topological polar surface area (TPSA) is 77.8 Å². The van der Waals surface area contributed by atoms with Gasteiger partial charge in [0.2, 0.25) is 5.91 Å². The molecule has 1 saturated heterocycles. The molecule has 1 aliphatic carbocycles. The molecular weight excluding hydrogens is 246 g/mol. The molecule has 0 aromatic heterocycles. The molecule has 2 fully saturated rings. The highest BCUT2D eigenvalue weighted by Crippen LogP contribution is 2.59. The molecular formula is C14H23NO4. The van der Waals surface area contributed by atoms with Crippen molar-refractivity contribution >= 4 is 11.9 Å². The number of aliphatic hydroxyl groups is 1. The molecule has 2 rings (SSSR count). The van der Waals surface area contributed by atoms with Crippen molar-refractivity contribution in [2.45, 2.75) is 45.6 Å². The summed E-state index contributed by atoms with van der Waals surface area (Å²) in [6.45, 7) is 4.28. The van der Waals surface area contributed by atoms with Crippen molar-refractivity contribution in [1.82, 2.24) is 4.90 Å². The summed E-state index contributed by atoms with van der Waals surface area (Å²) < 4.78 is 0. The number of hydrogen-bond donors (Lipinski definition) is 2. The quantitative estimate of drug-likeness (QED) is 0.804. The van der Waals surface area contributed by atoms with Gasteiger partial charge in [-0.05, 0) is 18.3 Å². The van der Waals surface area contributed by atoms with Crippen LogP contribution in [0.5, 0.6) is 0 Å². The number of carbonyl (C=O) groups is 2. The lowest BCUT2D eigenvalue weighted by molar-refractivity contribution is -0.143. The largest absolute Gasteiger partial charge is 0.481 e. The standard InChI is InChI=1S/C14H23NO4/c1-14(2)10(11(14)13(18)19)12(17)15-7-5-3-4-6-9(15)8-16/h9-11,16H,3-8H2,1-2H3,(H,18,19)/t9?,10-,11+/m1/s1. The van der Waals surface area contributed by atoms with Crippen LogP contribution in [0.15, 0.2) is 0 Å². The average molecular weight is 269 g/mol. The predicted octanol–water partition coefficient (Wildman–Crippen LogP) is 1.11. The number of carbonyl (C=O) groups excluding carboxylic acids is 1. The first kappa shape index (κ1) is 14.3. The molecule has 1 aliphatic heterocycles. The summed E-state index contributed by atoms with van der Waals surface area (Å²) >= 11 is 0. The third kappa shape index (κ3) is 2.48. The second-order valence-electron chi connectivity index (χ2n) is 6.33. The Labute approximate surface area is 113 Å². The summed E-state index contributed by atoms with van der Waals surface area (Å²) in [6, 6.07) is -0.138. The monoisotopic (exact) mass is 269 g/mol. The van der Waals surface area contributed by atoms with Crippen LogP contribution >= 0.6 is 0 Å². The van der Waals surface area contributed by atoms with Gasteiger partial charge in [0.25, 0.3) is 0 Å². The average Bonchev–Trinajstić information content (AvgIpc) is 2.99. The van der Waals surface area contributed by atoms with E-state index < -0.39 is 23.2 Å². The van der Waals surface area contributed by atoms with Gasteiger partial charge in [-0.1, -0.05) is 26.7 Å². The van der Waals surface area contributed by atoms with Crippen LogP contribution in [0.1, 0.15) is 39.5 Å². The van der Waals surface area contributed by atoms with Crippen molar-refractivity contribution in [2.75, 3.05) is 13.2 Å². The van der Waals surface area contributed by atoms with Gasteiger partial charge in [-0.2, -0.15) is 0 Å². The third-order valence-electron chi connectivity index (χ3n) is 4.73. The maximum absolute atomic E-state index is 12.6. The van der Waals surface area contributed by atoms with Crippen LogP contribution in [0.4, 0.5) is 0 Å². The predicted molar refractivity (Wildman–Crippen MR) is 69.5 cm³/mol. The number of carboxylic acids is 1. The van der Waals surface area contributed by atoms with Crippen molar-refractivity contribution < 1.29 is 19.8 Å². The van der Waals surface area contributed by atoms with E-state index >= 15 is 0 Å². The van der Waals surface area contributed by atoms with E-state index in [1.165, 1.54) is 0 Å². The molecule has 1 heterocycles. The lowest BCUT2D eigenvalue weighted by atomic mass is 10.1. The minimum absolute atomic E-state index is 0.0311. The number of amides is 1. The molecule has 5 heteroatoms. The van der Waals surface area contributed by atoms with Crippen LogP contribution in [0, 0.1) is 17.3 Å². The summed E-state index contributed by atoms with van der Waals surface area (Å²) in [6.07, 6.45) is 3.84. The molecule has 0 aromatic carbocycles. The van der Waals surface area contributed by atoms with Gasteiger partial charge in [0, 0.05) is 6.54 Å². The zero-order chi connectivity index (χ0) is 14.2. The Morgan fingerprint density at radius 3 is 2.42 bits per heavy atom. The van der Waals surface area contributed by atoms with Crippen molar-refractivity contribution in [1.29, 1.82) is 0 Å². The van der Waals surface area contributed by atoms with E-state index in [2.05, 4.69) is 0 Å². The molecule has 1 saturated carbocycles. The van der Waals surface area contributed by atoms with Crippen molar-refractivity contribution in [3.63, 3.8) is 0 Å². The van der Waals surface area contributed by atoms with Gasteiger partial charge in [0.15, 0.2) is 0 Å². The molecule has 3 atom stereocenters. The van der Waals surface area contributed by atoms with E-state index in [4.69, 9.17) is 5.11 Å². The minimum Gasteiger partial charge on any atom is -0.481 e. The third-order valence-corrected chi connectivity index (χ3v) is 4.73. The van der Waals surface area contributed by atoms with E-state index in [0.29, 0.717) is 6.54 Å². The highest BCUT2D eigenvalue weighted by Gasteiger charge is 2.66. The molecule has 19 heavy (non-hydrogen) atoms. The number of carboxylic acid groups (broad SMARTS) is 1. The number of nitrogens with zero attached hydrogens (tertiary/aromatic N) is 1. The summed E-state index contributed by atoms with van der Waals surface area (Å²) in [5.41, 5.74) is -0.463. The second-order valence-corrected chi connectivity index (χ2v) is 6.33. The Kier molecular flexibility index (Phi) is 3.85. The van der Waals surface area contributed by atoms with Crippen LogP contribution in [0.2, 0.25) is 0 Å². The van der Waals surface area contributed by atoms with Crippen molar-refractivity contribution in [3.05, 3.63) is 0 Å².